The van der Waals surface area contributed by atoms with E-state index in [1.54, 1.807) is 0 Å². The van der Waals surface area contributed by atoms with Crippen molar-refractivity contribution in [2.75, 3.05) is 0 Å². The molecule has 0 amide bonds. The van der Waals surface area contributed by atoms with Crippen LogP contribution in [0, 0.1) is 0 Å². The topological polar surface area (TPSA) is 26.0 Å². The lowest BCUT2D eigenvalue weighted by molar-refractivity contribution is 0.0979. The number of halogens is 1. The summed E-state index contributed by atoms with van der Waals surface area (Å²) in [6, 6.07) is 8.19. The van der Waals surface area contributed by atoms with Crippen LogP contribution < -0.4 is 5.73 Å². The molecule has 1 saturated carbocycles. The summed E-state index contributed by atoms with van der Waals surface area (Å²) in [6.07, 6.45) is 2.72. The maximum atomic E-state index is 14.8. The van der Waals surface area contributed by atoms with E-state index in [2.05, 4.69) is 26.0 Å². The highest BCUT2D eigenvalue weighted by atomic mass is 19.1. The lowest BCUT2D eigenvalue weighted by Crippen LogP contribution is -2.33. The van der Waals surface area contributed by atoms with Crippen molar-refractivity contribution in [2.24, 2.45) is 5.73 Å². The molecule has 1 nitrogen and oxygen atoms in total. The molecule has 1 aromatic carbocycles. The maximum Gasteiger partial charge on any atom is 0.136 e. The third kappa shape index (κ3) is 2.68. The fourth-order valence-corrected chi connectivity index (χ4v) is 2.55. The molecule has 17 heavy (non-hydrogen) atoms. The molecular weight excluding hydrogens is 213 g/mol. The van der Waals surface area contributed by atoms with Crippen molar-refractivity contribution in [3.8, 4) is 0 Å². The van der Waals surface area contributed by atoms with E-state index < -0.39 is 5.67 Å². The van der Waals surface area contributed by atoms with Crippen molar-refractivity contribution >= 4 is 0 Å². The summed E-state index contributed by atoms with van der Waals surface area (Å²) < 4.78 is 14.8. The first kappa shape index (κ1) is 12.6. The number of alkyl halides is 1. The largest absolute Gasteiger partial charge is 0.328 e. The van der Waals surface area contributed by atoms with Gasteiger partial charge in [-0.3, -0.25) is 0 Å². The molecule has 94 valence electrons. The highest BCUT2D eigenvalue weighted by Crippen LogP contribution is 2.40. The average molecular weight is 235 g/mol. The second kappa shape index (κ2) is 4.77. The fourth-order valence-electron chi connectivity index (χ4n) is 2.55. The van der Waals surface area contributed by atoms with Crippen LogP contribution in [-0.4, -0.2) is 6.04 Å². The molecule has 0 saturated heterocycles. The van der Waals surface area contributed by atoms with Gasteiger partial charge in [-0.15, -0.1) is 0 Å². The van der Waals surface area contributed by atoms with Crippen LogP contribution in [0.2, 0.25) is 0 Å². The average Bonchev–Trinajstić information content (AvgIpc) is 2.33. The Bertz CT molecular complexity index is 361. The summed E-state index contributed by atoms with van der Waals surface area (Å²) in [5.41, 5.74) is 6.78. The molecule has 0 heterocycles. The van der Waals surface area contributed by atoms with E-state index in [0.717, 1.165) is 18.4 Å². The molecule has 2 rings (SSSR count). The molecule has 1 fully saturated rings. The quantitative estimate of drug-likeness (QED) is 0.827. The van der Waals surface area contributed by atoms with Crippen LogP contribution in [0.15, 0.2) is 24.3 Å². The van der Waals surface area contributed by atoms with Crippen LogP contribution >= 0.6 is 0 Å². The van der Waals surface area contributed by atoms with Gasteiger partial charge in [0, 0.05) is 6.04 Å². The first-order valence-corrected chi connectivity index (χ1v) is 6.56. The van der Waals surface area contributed by atoms with Crippen LogP contribution in [-0.2, 0) is 5.67 Å². The van der Waals surface area contributed by atoms with E-state index in [4.69, 9.17) is 5.73 Å². The van der Waals surface area contributed by atoms with Crippen molar-refractivity contribution in [1.82, 2.24) is 0 Å². The summed E-state index contributed by atoms with van der Waals surface area (Å²) in [5.74, 6) is 0.499. The Labute approximate surface area is 103 Å². The number of hydrogen-bond donors (Lipinski definition) is 1. The predicted molar refractivity (Wildman–Crippen MR) is 69.8 cm³/mol. The van der Waals surface area contributed by atoms with Gasteiger partial charge in [0.25, 0.3) is 0 Å². The van der Waals surface area contributed by atoms with E-state index in [0.29, 0.717) is 18.8 Å². The summed E-state index contributed by atoms with van der Waals surface area (Å²) in [6.45, 7) is 4.31. The Morgan fingerprint density at radius 3 is 2.18 bits per heavy atom. The molecule has 0 unspecified atom stereocenters. The maximum absolute atomic E-state index is 14.8. The van der Waals surface area contributed by atoms with Crippen molar-refractivity contribution in [1.29, 1.82) is 0 Å². The van der Waals surface area contributed by atoms with Crippen molar-refractivity contribution in [3.05, 3.63) is 35.4 Å². The zero-order chi connectivity index (χ0) is 12.5. The minimum absolute atomic E-state index is 0.189. The number of benzene rings is 1. The molecule has 0 aliphatic heterocycles. The Morgan fingerprint density at radius 2 is 1.71 bits per heavy atom. The normalized spacial score (nSPS) is 29.6. The summed E-state index contributed by atoms with van der Waals surface area (Å²) in [4.78, 5) is 0. The van der Waals surface area contributed by atoms with Crippen LogP contribution in [0.3, 0.4) is 0 Å². The van der Waals surface area contributed by atoms with Gasteiger partial charge in [0.2, 0.25) is 0 Å². The second-order valence-corrected chi connectivity index (χ2v) is 5.58. The minimum atomic E-state index is -1.15. The van der Waals surface area contributed by atoms with Crippen LogP contribution in [0.4, 0.5) is 4.39 Å². The van der Waals surface area contributed by atoms with Crippen LogP contribution in [0.25, 0.3) is 0 Å². The Morgan fingerprint density at radius 1 is 1.18 bits per heavy atom. The monoisotopic (exact) mass is 235 g/mol. The molecule has 0 radical (unpaired) electrons. The van der Waals surface area contributed by atoms with E-state index >= 15 is 0 Å². The van der Waals surface area contributed by atoms with E-state index in [1.807, 2.05) is 12.1 Å². The molecule has 0 aromatic heterocycles. The highest BCUT2D eigenvalue weighted by molar-refractivity contribution is 5.29. The first-order chi connectivity index (χ1) is 8.01. The lowest BCUT2D eigenvalue weighted by Gasteiger charge is -2.33. The van der Waals surface area contributed by atoms with Gasteiger partial charge >= 0.3 is 0 Å². The minimum Gasteiger partial charge on any atom is -0.328 e. The van der Waals surface area contributed by atoms with Gasteiger partial charge < -0.3 is 5.73 Å². The second-order valence-electron chi connectivity index (χ2n) is 5.58. The third-order valence-corrected chi connectivity index (χ3v) is 3.92. The van der Waals surface area contributed by atoms with Crippen LogP contribution in [0.5, 0.6) is 0 Å². The highest BCUT2D eigenvalue weighted by Gasteiger charge is 2.35. The standard InChI is InChI=1S/C15H22FN/c1-11(2)12-3-5-13(6-4-12)15(16)9-7-14(17)8-10-15/h3-6,11,14H,7-10,17H2,1-2H3. The number of nitrogens with two attached hydrogens (primary N) is 1. The van der Waals surface area contributed by atoms with Crippen LogP contribution in [0.1, 0.15) is 56.6 Å². The summed E-state index contributed by atoms with van der Waals surface area (Å²) in [7, 11) is 0. The molecule has 0 spiro atoms. The molecule has 2 heteroatoms. The number of hydrogen-bond acceptors (Lipinski definition) is 1. The first-order valence-electron chi connectivity index (χ1n) is 6.56. The molecule has 0 bridgehead atoms. The van der Waals surface area contributed by atoms with Gasteiger partial charge in [-0.2, -0.15) is 0 Å². The molecule has 1 aliphatic rings. The SMILES string of the molecule is CC(C)c1ccc(C2(F)CCC(N)CC2)cc1. The van der Waals surface area contributed by atoms with Gasteiger partial charge in [-0.05, 0) is 42.7 Å². The summed E-state index contributed by atoms with van der Waals surface area (Å²) in [5, 5.41) is 0. The fraction of sp³-hybridized carbons (Fsp3) is 0.600. The zero-order valence-corrected chi connectivity index (χ0v) is 10.7. The van der Waals surface area contributed by atoms with Gasteiger partial charge in [-0.25, -0.2) is 4.39 Å². The Hall–Kier alpha value is -0.890. The predicted octanol–water partition coefficient (Wildman–Crippen LogP) is 3.88. The lowest BCUT2D eigenvalue weighted by atomic mass is 9.79. The molecule has 1 aliphatic carbocycles. The van der Waals surface area contributed by atoms with E-state index in [-0.39, 0.29) is 6.04 Å². The zero-order valence-electron chi connectivity index (χ0n) is 10.7. The molecular formula is C15H22FN. The molecule has 0 atom stereocenters. The third-order valence-electron chi connectivity index (χ3n) is 3.92. The summed E-state index contributed by atoms with van der Waals surface area (Å²) >= 11 is 0. The number of rotatable bonds is 2. The van der Waals surface area contributed by atoms with Gasteiger partial charge in [-0.1, -0.05) is 38.1 Å². The van der Waals surface area contributed by atoms with Crippen molar-refractivity contribution < 1.29 is 4.39 Å². The van der Waals surface area contributed by atoms with Gasteiger partial charge in [0.1, 0.15) is 5.67 Å². The van der Waals surface area contributed by atoms with Gasteiger partial charge in [0.05, 0.1) is 0 Å². The van der Waals surface area contributed by atoms with Crippen molar-refractivity contribution in [3.63, 3.8) is 0 Å². The van der Waals surface area contributed by atoms with Gasteiger partial charge in [0.15, 0.2) is 0 Å². The Kier molecular flexibility index (Phi) is 3.53. The molecule has 2 N–H and O–H groups in total. The van der Waals surface area contributed by atoms with Crippen molar-refractivity contribution in [2.45, 2.75) is 57.2 Å². The van der Waals surface area contributed by atoms with E-state index in [1.165, 1.54) is 5.56 Å². The van der Waals surface area contributed by atoms with E-state index in [9.17, 15) is 4.39 Å². The Balaban J connectivity index is 2.16. The smallest absolute Gasteiger partial charge is 0.136 e. The molecule has 1 aromatic rings.